The van der Waals surface area contributed by atoms with Gasteiger partial charge in [0.2, 0.25) is 5.91 Å². The number of benzene rings is 1. The first-order valence-corrected chi connectivity index (χ1v) is 13.2. The van der Waals surface area contributed by atoms with Gasteiger partial charge in [0.1, 0.15) is 23.2 Å². The van der Waals surface area contributed by atoms with E-state index in [0.29, 0.717) is 11.3 Å². The van der Waals surface area contributed by atoms with Gasteiger partial charge in [-0.05, 0) is 71.4 Å². The number of nitrogens with one attached hydrogen (secondary N) is 1. The number of rotatable bonds is 8. The lowest BCUT2D eigenvalue weighted by Gasteiger charge is -2.36. The van der Waals surface area contributed by atoms with E-state index in [4.69, 9.17) is 9.47 Å². The number of hydrogen-bond acceptors (Lipinski definition) is 8. The standard InChI is InChI=1S/C28H36FN5O6/c1-6-39-27(38)34-15-13-33(14-16-34)26(37)21(11-12-23(35)40-28(3,4)5)32-25(36)22-17-18(2)30-24(31-22)19-7-9-20(29)10-8-19/h7-10,17,21H,6,11-16H2,1-5H3,(H,32,36)/t21-/m0/s1. The molecule has 0 spiro atoms. The Labute approximate surface area is 233 Å². The third kappa shape index (κ3) is 8.72. The van der Waals surface area contributed by atoms with Crippen molar-refractivity contribution in [2.75, 3.05) is 32.8 Å². The van der Waals surface area contributed by atoms with Crippen LogP contribution >= 0.6 is 0 Å². The highest BCUT2D eigenvalue weighted by atomic mass is 19.1. The Kier molecular flexibility index (Phi) is 10.1. The van der Waals surface area contributed by atoms with E-state index < -0.39 is 35.4 Å². The number of hydrogen-bond donors (Lipinski definition) is 1. The number of carbonyl (C=O) groups is 4. The van der Waals surface area contributed by atoms with Gasteiger partial charge >= 0.3 is 12.1 Å². The Balaban J connectivity index is 1.77. The molecule has 11 nitrogen and oxygen atoms in total. The molecule has 1 saturated heterocycles. The van der Waals surface area contributed by atoms with E-state index in [2.05, 4.69) is 15.3 Å². The molecule has 40 heavy (non-hydrogen) atoms. The van der Waals surface area contributed by atoms with Crippen molar-refractivity contribution in [3.05, 3.63) is 47.5 Å². The van der Waals surface area contributed by atoms with Gasteiger partial charge in [0.15, 0.2) is 5.82 Å². The minimum absolute atomic E-state index is 0.00641. The lowest BCUT2D eigenvalue weighted by Crippen LogP contribution is -2.56. The zero-order chi connectivity index (χ0) is 29.4. The molecule has 0 bridgehead atoms. The van der Waals surface area contributed by atoms with Gasteiger partial charge in [0.25, 0.3) is 5.91 Å². The van der Waals surface area contributed by atoms with Crippen LogP contribution in [-0.2, 0) is 19.1 Å². The minimum atomic E-state index is -1.04. The number of aromatic nitrogens is 2. The lowest BCUT2D eigenvalue weighted by molar-refractivity contribution is -0.155. The summed E-state index contributed by atoms with van der Waals surface area (Å²) >= 11 is 0. The van der Waals surface area contributed by atoms with E-state index in [1.54, 1.807) is 39.5 Å². The second-order valence-corrected chi connectivity index (χ2v) is 10.4. The maximum Gasteiger partial charge on any atom is 0.409 e. The van der Waals surface area contributed by atoms with Crippen LogP contribution in [0.2, 0.25) is 0 Å². The number of piperazine rings is 1. The summed E-state index contributed by atoms with van der Waals surface area (Å²) in [4.78, 5) is 63.0. The van der Waals surface area contributed by atoms with Gasteiger partial charge in [-0.3, -0.25) is 14.4 Å². The second kappa shape index (κ2) is 13.3. The van der Waals surface area contributed by atoms with Gasteiger partial charge in [-0.2, -0.15) is 0 Å². The molecule has 1 atom stereocenters. The monoisotopic (exact) mass is 557 g/mol. The van der Waals surface area contributed by atoms with E-state index in [9.17, 15) is 23.6 Å². The molecular weight excluding hydrogens is 521 g/mol. The van der Waals surface area contributed by atoms with Crippen molar-refractivity contribution in [3.8, 4) is 11.4 Å². The van der Waals surface area contributed by atoms with Crippen LogP contribution in [0.5, 0.6) is 0 Å². The summed E-state index contributed by atoms with van der Waals surface area (Å²) in [5.74, 6) is -1.68. The number of amides is 3. The van der Waals surface area contributed by atoms with Crippen LogP contribution in [0.15, 0.2) is 30.3 Å². The van der Waals surface area contributed by atoms with E-state index in [1.807, 2.05) is 0 Å². The van der Waals surface area contributed by atoms with E-state index >= 15 is 0 Å². The summed E-state index contributed by atoms with van der Waals surface area (Å²) in [7, 11) is 0. The Morgan fingerprint density at radius 1 is 1.02 bits per heavy atom. The van der Waals surface area contributed by atoms with E-state index in [-0.39, 0.29) is 63.1 Å². The highest BCUT2D eigenvalue weighted by Crippen LogP contribution is 2.18. The number of nitrogens with zero attached hydrogens (tertiary/aromatic N) is 4. The van der Waals surface area contributed by atoms with Crippen molar-refractivity contribution in [2.24, 2.45) is 0 Å². The number of esters is 1. The third-order valence-corrected chi connectivity index (χ3v) is 5.97. The van der Waals surface area contributed by atoms with E-state index in [1.165, 1.54) is 35.2 Å². The molecule has 0 aliphatic carbocycles. The van der Waals surface area contributed by atoms with Crippen molar-refractivity contribution in [2.45, 2.75) is 59.1 Å². The molecule has 1 N–H and O–H groups in total. The highest BCUT2D eigenvalue weighted by Gasteiger charge is 2.32. The minimum Gasteiger partial charge on any atom is -0.460 e. The smallest absolute Gasteiger partial charge is 0.409 e. The quantitative estimate of drug-likeness (QED) is 0.490. The first-order valence-electron chi connectivity index (χ1n) is 13.2. The van der Waals surface area contributed by atoms with Gasteiger partial charge in [0, 0.05) is 43.9 Å². The Morgan fingerprint density at radius 3 is 2.25 bits per heavy atom. The first kappa shape index (κ1) is 30.5. The zero-order valence-electron chi connectivity index (χ0n) is 23.5. The predicted molar refractivity (Wildman–Crippen MR) is 144 cm³/mol. The fourth-order valence-corrected chi connectivity index (χ4v) is 4.10. The van der Waals surface area contributed by atoms with Crippen LogP contribution in [0.4, 0.5) is 9.18 Å². The summed E-state index contributed by atoms with van der Waals surface area (Å²) in [6, 6.07) is 6.00. The first-order chi connectivity index (χ1) is 18.9. The molecule has 0 unspecified atom stereocenters. The van der Waals surface area contributed by atoms with Gasteiger partial charge in [-0.15, -0.1) is 0 Å². The van der Waals surface area contributed by atoms with Crippen molar-refractivity contribution in [3.63, 3.8) is 0 Å². The van der Waals surface area contributed by atoms with Crippen molar-refractivity contribution >= 4 is 23.9 Å². The SMILES string of the molecule is CCOC(=O)N1CCN(C(=O)[C@H](CCC(=O)OC(C)(C)C)NC(=O)c2cc(C)nc(-c3ccc(F)cc3)n2)CC1. The molecule has 3 amide bonds. The lowest BCUT2D eigenvalue weighted by atomic mass is 10.1. The molecule has 1 aliphatic rings. The maximum atomic E-state index is 13.5. The Morgan fingerprint density at radius 2 is 1.65 bits per heavy atom. The van der Waals surface area contributed by atoms with Crippen LogP contribution in [0.25, 0.3) is 11.4 Å². The third-order valence-electron chi connectivity index (χ3n) is 5.97. The van der Waals surface area contributed by atoms with Crippen LogP contribution in [0.1, 0.15) is 56.7 Å². The molecule has 1 fully saturated rings. The fraction of sp³-hybridized carbons (Fsp3) is 0.500. The van der Waals surface area contributed by atoms with Gasteiger partial charge < -0.3 is 24.6 Å². The van der Waals surface area contributed by atoms with E-state index in [0.717, 1.165) is 0 Å². The summed E-state index contributed by atoms with van der Waals surface area (Å²) < 4.78 is 23.8. The molecule has 12 heteroatoms. The summed E-state index contributed by atoms with van der Waals surface area (Å²) in [6.45, 7) is 9.96. The van der Waals surface area contributed by atoms with Crippen molar-refractivity contribution in [1.29, 1.82) is 0 Å². The van der Waals surface area contributed by atoms with Crippen LogP contribution < -0.4 is 5.32 Å². The molecule has 0 radical (unpaired) electrons. The Bertz CT molecular complexity index is 1220. The van der Waals surface area contributed by atoms with Crippen LogP contribution in [0.3, 0.4) is 0 Å². The predicted octanol–water partition coefficient (Wildman–Crippen LogP) is 3.11. The molecule has 0 saturated carbocycles. The molecule has 2 heterocycles. The topological polar surface area (TPSA) is 131 Å². The molecule has 1 aliphatic heterocycles. The number of carbonyl (C=O) groups excluding carboxylic acids is 4. The fourth-order valence-electron chi connectivity index (χ4n) is 4.10. The average Bonchev–Trinajstić information content (AvgIpc) is 2.89. The summed E-state index contributed by atoms with van der Waals surface area (Å²) in [5.41, 5.74) is 0.356. The number of halogens is 1. The second-order valence-electron chi connectivity index (χ2n) is 10.4. The molecule has 1 aromatic heterocycles. The highest BCUT2D eigenvalue weighted by molar-refractivity contribution is 5.96. The molecule has 2 aromatic rings. The normalized spacial score (nSPS) is 14.3. The molecular formula is C28H36FN5O6. The zero-order valence-corrected chi connectivity index (χ0v) is 23.5. The molecule has 1 aromatic carbocycles. The summed E-state index contributed by atoms with van der Waals surface area (Å²) in [5, 5.41) is 2.72. The largest absolute Gasteiger partial charge is 0.460 e. The van der Waals surface area contributed by atoms with Crippen LogP contribution in [-0.4, -0.2) is 88.1 Å². The van der Waals surface area contributed by atoms with Crippen molar-refractivity contribution in [1.82, 2.24) is 25.1 Å². The van der Waals surface area contributed by atoms with Gasteiger partial charge in [0.05, 0.1) is 6.61 Å². The summed E-state index contributed by atoms with van der Waals surface area (Å²) in [6.07, 6.45) is -0.534. The van der Waals surface area contributed by atoms with Crippen LogP contribution in [0, 0.1) is 12.7 Å². The maximum absolute atomic E-state index is 13.5. The average molecular weight is 558 g/mol. The van der Waals surface area contributed by atoms with Crippen molar-refractivity contribution < 1.29 is 33.0 Å². The van der Waals surface area contributed by atoms with Gasteiger partial charge in [-0.25, -0.2) is 19.2 Å². The number of aryl methyl sites for hydroxylation is 1. The van der Waals surface area contributed by atoms with Gasteiger partial charge in [-0.1, -0.05) is 0 Å². The molecule has 216 valence electrons. The Hall–Kier alpha value is -4.09. The molecule has 3 rings (SSSR count). The number of ether oxygens (including phenoxy) is 2.